The molecule has 2 amide bonds. The molecule has 0 spiro atoms. The lowest BCUT2D eigenvalue weighted by molar-refractivity contribution is 0.194. The number of benzene rings is 2. The number of halogens is 2. The molecule has 1 aliphatic rings. The highest BCUT2D eigenvalue weighted by molar-refractivity contribution is 6.30. The van der Waals surface area contributed by atoms with Gasteiger partial charge in [-0.1, -0.05) is 35.9 Å². The third-order valence-electron chi connectivity index (χ3n) is 4.47. The fraction of sp³-hybridized carbons (Fsp3) is 0.316. The normalized spacial score (nSPS) is 14.5. The summed E-state index contributed by atoms with van der Waals surface area (Å²) in [6.07, 6.45) is 0. The molecule has 25 heavy (non-hydrogen) atoms. The molecule has 0 unspecified atom stereocenters. The van der Waals surface area contributed by atoms with Crippen LogP contribution in [0.3, 0.4) is 0 Å². The number of piperazine rings is 1. The molecule has 6 heteroatoms. The van der Waals surface area contributed by atoms with Crippen LogP contribution in [0.15, 0.2) is 42.5 Å². The lowest BCUT2D eigenvalue weighted by Crippen LogP contribution is -2.51. The second kappa shape index (κ2) is 7.74. The lowest BCUT2D eigenvalue weighted by Gasteiger charge is -2.36. The smallest absolute Gasteiger partial charge is 0.317 e. The number of amides is 2. The Balaban J connectivity index is 1.54. The van der Waals surface area contributed by atoms with Crippen LogP contribution in [0.5, 0.6) is 0 Å². The summed E-state index contributed by atoms with van der Waals surface area (Å²) in [4.78, 5) is 16.3. The van der Waals surface area contributed by atoms with Gasteiger partial charge >= 0.3 is 6.03 Å². The molecular weight excluding hydrogens is 341 g/mol. The molecule has 0 aromatic heterocycles. The summed E-state index contributed by atoms with van der Waals surface area (Å²) in [6.45, 7) is 4.98. The predicted octanol–water partition coefficient (Wildman–Crippen LogP) is 3.82. The molecule has 1 N–H and O–H groups in total. The van der Waals surface area contributed by atoms with Crippen LogP contribution >= 0.6 is 11.6 Å². The Kier molecular flexibility index (Phi) is 5.43. The van der Waals surface area contributed by atoms with Crippen molar-refractivity contribution in [2.45, 2.75) is 13.5 Å². The number of urea groups is 1. The first-order valence-corrected chi connectivity index (χ1v) is 8.69. The Morgan fingerprint density at radius 2 is 1.88 bits per heavy atom. The Morgan fingerprint density at radius 1 is 1.16 bits per heavy atom. The fourth-order valence-electron chi connectivity index (χ4n) is 3.00. The van der Waals surface area contributed by atoms with Gasteiger partial charge in [-0.15, -0.1) is 0 Å². The number of rotatable bonds is 3. The number of carbonyl (C=O) groups excluding carboxylic acids is 1. The Hall–Kier alpha value is -2.27. The second-order valence-corrected chi connectivity index (χ2v) is 6.59. The quantitative estimate of drug-likeness (QED) is 0.902. The summed E-state index contributed by atoms with van der Waals surface area (Å²) < 4.78 is 13.6. The summed E-state index contributed by atoms with van der Waals surface area (Å²) in [7, 11) is 0. The fourth-order valence-corrected chi connectivity index (χ4v) is 3.16. The highest BCUT2D eigenvalue weighted by atomic mass is 35.5. The van der Waals surface area contributed by atoms with Crippen LogP contribution < -0.4 is 10.2 Å². The van der Waals surface area contributed by atoms with Gasteiger partial charge in [0, 0.05) is 49.0 Å². The van der Waals surface area contributed by atoms with Gasteiger partial charge in [-0.25, -0.2) is 9.18 Å². The number of nitrogens with one attached hydrogen (secondary N) is 1. The van der Waals surface area contributed by atoms with Crippen LogP contribution in [-0.2, 0) is 6.54 Å². The van der Waals surface area contributed by atoms with Crippen molar-refractivity contribution in [1.29, 1.82) is 0 Å². The van der Waals surface area contributed by atoms with Crippen molar-refractivity contribution < 1.29 is 9.18 Å². The van der Waals surface area contributed by atoms with Crippen LogP contribution in [0.1, 0.15) is 11.1 Å². The Morgan fingerprint density at radius 3 is 2.60 bits per heavy atom. The number of nitrogens with zero attached hydrogens (tertiary/aromatic N) is 2. The lowest BCUT2D eigenvalue weighted by atomic mass is 10.1. The average Bonchev–Trinajstić information content (AvgIpc) is 2.63. The van der Waals surface area contributed by atoms with Crippen LogP contribution in [0.4, 0.5) is 14.9 Å². The van der Waals surface area contributed by atoms with Crippen molar-refractivity contribution in [3.63, 3.8) is 0 Å². The summed E-state index contributed by atoms with van der Waals surface area (Å²) in [5.41, 5.74) is 2.77. The minimum Gasteiger partial charge on any atom is -0.368 e. The molecule has 0 aliphatic carbocycles. The van der Waals surface area contributed by atoms with E-state index >= 15 is 0 Å². The van der Waals surface area contributed by atoms with Gasteiger partial charge in [-0.3, -0.25) is 0 Å². The number of aryl methyl sites for hydroxylation is 1. The topological polar surface area (TPSA) is 35.6 Å². The molecule has 4 nitrogen and oxygen atoms in total. The summed E-state index contributed by atoms with van der Waals surface area (Å²) in [5, 5.41) is 3.51. The third kappa shape index (κ3) is 4.23. The molecule has 0 atom stereocenters. The third-order valence-corrected chi connectivity index (χ3v) is 4.70. The minimum atomic E-state index is -0.302. The zero-order valence-electron chi connectivity index (χ0n) is 14.1. The van der Waals surface area contributed by atoms with E-state index in [1.54, 1.807) is 23.1 Å². The molecule has 2 aromatic carbocycles. The van der Waals surface area contributed by atoms with Crippen molar-refractivity contribution in [3.8, 4) is 0 Å². The van der Waals surface area contributed by atoms with Gasteiger partial charge in [0.05, 0.1) is 0 Å². The molecule has 3 rings (SSSR count). The first-order valence-electron chi connectivity index (χ1n) is 8.32. The summed E-state index contributed by atoms with van der Waals surface area (Å²) in [6, 6.07) is 12.2. The summed E-state index contributed by atoms with van der Waals surface area (Å²) >= 11 is 6.10. The van der Waals surface area contributed by atoms with Gasteiger partial charge in [0.15, 0.2) is 0 Å². The van der Waals surface area contributed by atoms with Gasteiger partial charge in [-0.2, -0.15) is 0 Å². The largest absolute Gasteiger partial charge is 0.368 e. The Bertz CT molecular complexity index is 760. The monoisotopic (exact) mass is 361 g/mol. The van der Waals surface area contributed by atoms with Gasteiger partial charge < -0.3 is 15.1 Å². The van der Waals surface area contributed by atoms with E-state index in [2.05, 4.69) is 17.1 Å². The summed E-state index contributed by atoms with van der Waals surface area (Å²) in [5.74, 6) is -0.302. The molecule has 1 heterocycles. The minimum absolute atomic E-state index is 0.161. The van der Waals surface area contributed by atoms with E-state index in [-0.39, 0.29) is 18.4 Å². The van der Waals surface area contributed by atoms with E-state index in [1.807, 2.05) is 18.2 Å². The number of anilines is 1. The van der Waals surface area contributed by atoms with Crippen LogP contribution in [0, 0.1) is 12.7 Å². The van der Waals surface area contributed by atoms with E-state index in [1.165, 1.54) is 11.6 Å². The molecule has 0 saturated carbocycles. The Labute approximate surface area is 152 Å². The predicted molar refractivity (Wildman–Crippen MR) is 98.6 cm³/mol. The van der Waals surface area contributed by atoms with E-state index in [0.717, 1.165) is 18.8 Å². The second-order valence-electron chi connectivity index (χ2n) is 6.16. The molecular formula is C19H21ClFN3O. The molecule has 0 bridgehead atoms. The number of hydrogen-bond acceptors (Lipinski definition) is 2. The van der Waals surface area contributed by atoms with Crippen molar-refractivity contribution in [2.24, 2.45) is 0 Å². The van der Waals surface area contributed by atoms with E-state index in [9.17, 15) is 9.18 Å². The molecule has 1 aliphatic heterocycles. The zero-order valence-corrected chi connectivity index (χ0v) is 14.9. The molecule has 1 saturated heterocycles. The van der Waals surface area contributed by atoms with Crippen LogP contribution in [0.2, 0.25) is 5.02 Å². The van der Waals surface area contributed by atoms with Crippen molar-refractivity contribution in [2.75, 3.05) is 31.1 Å². The van der Waals surface area contributed by atoms with E-state index < -0.39 is 0 Å². The number of hydrogen-bond donors (Lipinski definition) is 1. The van der Waals surface area contributed by atoms with Crippen molar-refractivity contribution in [3.05, 3.63) is 64.4 Å². The average molecular weight is 362 g/mol. The highest BCUT2D eigenvalue weighted by Gasteiger charge is 2.22. The molecule has 132 valence electrons. The van der Waals surface area contributed by atoms with Crippen molar-refractivity contribution in [1.82, 2.24) is 10.2 Å². The zero-order chi connectivity index (χ0) is 17.8. The maximum Gasteiger partial charge on any atom is 0.317 e. The SMILES string of the molecule is Cc1ccc(Cl)cc1N1CCN(C(=O)NCc2ccccc2F)CC1. The van der Waals surface area contributed by atoms with Gasteiger partial charge in [-0.05, 0) is 30.7 Å². The first kappa shape index (κ1) is 17.5. The molecule has 0 radical (unpaired) electrons. The van der Waals surface area contributed by atoms with Crippen LogP contribution in [0.25, 0.3) is 0 Å². The molecule has 1 fully saturated rings. The van der Waals surface area contributed by atoms with Gasteiger partial charge in [0.1, 0.15) is 5.82 Å². The van der Waals surface area contributed by atoms with Crippen molar-refractivity contribution >= 4 is 23.3 Å². The highest BCUT2D eigenvalue weighted by Crippen LogP contribution is 2.25. The van der Waals surface area contributed by atoms with E-state index in [4.69, 9.17) is 11.6 Å². The van der Waals surface area contributed by atoms with Gasteiger partial charge in [0.2, 0.25) is 0 Å². The van der Waals surface area contributed by atoms with E-state index in [0.29, 0.717) is 23.7 Å². The van der Waals surface area contributed by atoms with Gasteiger partial charge in [0.25, 0.3) is 0 Å². The molecule has 2 aromatic rings. The van der Waals surface area contributed by atoms with Crippen LogP contribution in [-0.4, -0.2) is 37.1 Å². The maximum absolute atomic E-state index is 13.6. The first-order chi connectivity index (χ1) is 12.0. The number of carbonyl (C=O) groups is 1. The maximum atomic E-state index is 13.6. The standard InChI is InChI=1S/C19H21ClFN3O/c1-14-6-7-16(20)12-18(14)23-8-10-24(11-9-23)19(25)22-13-15-4-2-3-5-17(15)21/h2-7,12H,8-11,13H2,1H3,(H,22,25).